The standard InChI is InChI=1S/C20H29NO3/c1-19-7-8-20(2)16(5-6-18(20)23)17(19)9-12(11-24-21)14-10-13(22)3-4-15(14)19/h3-4,10,12,16-18,22-23H,5-9,11,21H2,1-2H3/t12-,16?,17?,18?,19-,20?/m1/s1. The van der Waals surface area contributed by atoms with Crippen LogP contribution < -0.4 is 5.90 Å². The van der Waals surface area contributed by atoms with Gasteiger partial charge in [0, 0.05) is 5.92 Å². The molecule has 6 atom stereocenters. The van der Waals surface area contributed by atoms with Gasteiger partial charge in [-0.1, -0.05) is 19.9 Å². The van der Waals surface area contributed by atoms with E-state index in [0.717, 1.165) is 32.1 Å². The predicted molar refractivity (Wildman–Crippen MR) is 92.5 cm³/mol. The van der Waals surface area contributed by atoms with Gasteiger partial charge in [0.05, 0.1) is 12.7 Å². The minimum absolute atomic E-state index is 0.0483. The second kappa shape index (κ2) is 5.45. The lowest BCUT2D eigenvalue weighted by Crippen LogP contribution is -2.52. The van der Waals surface area contributed by atoms with Crippen LogP contribution in [0.4, 0.5) is 0 Å². The van der Waals surface area contributed by atoms with Gasteiger partial charge < -0.3 is 15.1 Å². The molecule has 4 nitrogen and oxygen atoms in total. The average Bonchev–Trinajstić information content (AvgIpc) is 2.85. The van der Waals surface area contributed by atoms with E-state index in [4.69, 9.17) is 10.7 Å². The molecule has 0 bridgehead atoms. The molecule has 3 aliphatic carbocycles. The molecule has 4 rings (SSSR count). The molecule has 1 aromatic rings. The lowest BCUT2D eigenvalue weighted by Gasteiger charge is -2.57. The van der Waals surface area contributed by atoms with Crippen molar-refractivity contribution in [1.82, 2.24) is 0 Å². The zero-order valence-corrected chi connectivity index (χ0v) is 14.7. The summed E-state index contributed by atoms with van der Waals surface area (Å²) < 4.78 is 0. The van der Waals surface area contributed by atoms with Crippen molar-refractivity contribution in [2.24, 2.45) is 23.1 Å². The van der Waals surface area contributed by atoms with Gasteiger partial charge in [0.15, 0.2) is 0 Å². The second-order valence-corrected chi connectivity index (χ2v) is 8.77. The third-order valence-electron chi connectivity index (χ3n) is 7.77. The number of fused-ring (bicyclic) bond motifs is 5. The number of phenolic OH excluding ortho intramolecular Hbond substituents is 1. The maximum Gasteiger partial charge on any atom is 0.115 e. The lowest BCUT2D eigenvalue weighted by atomic mass is 9.48. The molecule has 4 unspecified atom stereocenters. The molecule has 3 aliphatic rings. The van der Waals surface area contributed by atoms with Crippen molar-refractivity contribution >= 4 is 0 Å². The first kappa shape index (κ1) is 16.4. The molecule has 2 fully saturated rings. The summed E-state index contributed by atoms with van der Waals surface area (Å²) in [5.41, 5.74) is 2.71. The Bertz CT molecular complexity index is 648. The topological polar surface area (TPSA) is 75.7 Å². The number of aromatic hydroxyl groups is 1. The molecular weight excluding hydrogens is 302 g/mol. The van der Waals surface area contributed by atoms with Crippen LogP contribution in [0.3, 0.4) is 0 Å². The molecule has 24 heavy (non-hydrogen) atoms. The van der Waals surface area contributed by atoms with Crippen molar-refractivity contribution in [3.8, 4) is 5.75 Å². The van der Waals surface area contributed by atoms with E-state index < -0.39 is 0 Å². The van der Waals surface area contributed by atoms with Crippen molar-refractivity contribution in [3.63, 3.8) is 0 Å². The lowest BCUT2D eigenvalue weighted by molar-refractivity contribution is -0.0525. The van der Waals surface area contributed by atoms with Gasteiger partial charge in [-0.25, -0.2) is 5.90 Å². The van der Waals surface area contributed by atoms with Crippen LogP contribution in [-0.2, 0) is 10.3 Å². The quantitative estimate of drug-likeness (QED) is 0.727. The molecule has 0 aliphatic heterocycles. The molecule has 0 saturated heterocycles. The molecule has 0 spiro atoms. The molecule has 0 heterocycles. The fourth-order valence-electron chi connectivity index (χ4n) is 6.29. The fraction of sp³-hybridized carbons (Fsp3) is 0.700. The SMILES string of the molecule is CC12CC[C@]3(C)c4ccc(O)cc4[C@@H](CON)CC3C1CCC2O. The molecule has 4 N–H and O–H groups in total. The summed E-state index contributed by atoms with van der Waals surface area (Å²) in [5, 5.41) is 20.6. The zero-order chi connectivity index (χ0) is 17.1. The number of rotatable bonds is 2. The highest BCUT2D eigenvalue weighted by Crippen LogP contribution is 2.64. The van der Waals surface area contributed by atoms with Gasteiger partial charge in [-0.05, 0) is 78.0 Å². The highest BCUT2D eigenvalue weighted by Gasteiger charge is 2.59. The van der Waals surface area contributed by atoms with Crippen LogP contribution in [0.2, 0.25) is 0 Å². The average molecular weight is 331 g/mol. The van der Waals surface area contributed by atoms with Gasteiger partial charge in [-0.2, -0.15) is 0 Å². The maximum absolute atomic E-state index is 10.6. The van der Waals surface area contributed by atoms with Crippen LogP contribution >= 0.6 is 0 Å². The van der Waals surface area contributed by atoms with E-state index in [2.05, 4.69) is 19.9 Å². The molecular formula is C20H29NO3. The van der Waals surface area contributed by atoms with E-state index in [1.54, 1.807) is 0 Å². The van der Waals surface area contributed by atoms with Crippen LogP contribution in [0.1, 0.15) is 63.0 Å². The number of benzene rings is 1. The van der Waals surface area contributed by atoms with Crippen LogP contribution in [0, 0.1) is 17.3 Å². The van der Waals surface area contributed by atoms with Gasteiger partial charge >= 0.3 is 0 Å². The molecule has 1 aromatic carbocycles. The van der Waals surface area contributed by atoms with Gasteiger partial charge in [0.25, 0.3) is 0 Å². The van der Waals surface area contributed by atoms with Crippen LogP contribution in [0.5, 0.6) is 5.75 Å². The minimum atomic E-state index is -0.169. The van der Waals surface area contributed by atoms with E-state index in [0.29, 0.717) is 24.2 Å². The minimum Gasteiger partial charge on any atom is -0.508 e. The molecule has 0 radical (unpaired) electrons. The fourth-order valence-corrected chi connectivity index (χ4v) is 6.29. The summed E-state index contributed by atoms with van der Waals surface area (Å²) in [5.74, 6) is 7.02. The summed E-state index contributed by atoms with van der Waals surface area (Å²) in [6, 6.07) is 5.82. The van der Waals surface area contributed by atoms with Crippen LogP contribution in [-0.4, -0.2) is 22.9 Å². The van der Waals surface area contributed by atoms with E-state index in [1.165, 1.54) is 11.1 Å². The van der Waals surface area contributed by atoms with E-state index in [-0.39, 0.29) is 22.9 Å². The number of nitrogens with two attached hydrogens (primary N) is 1. The Morgan fingerprint density at radius 2 is 2.00 bits per heavy atom. The van der Waals surface area contributed by atoms with Crippen molar-refractivity contribution in [2.45, 2.75) is 63.4 Å². The Hall–Kier alpha value is -1.10. The predicted octanol–water partition coefficient (Wildman–Crippen LogP) is 3.21. The molecule has 132 valence electrons. The molecule has 0 aromatic heterocycles. The van der Waals surface area contributed by atoms with Crippen molar-refractivity contribution in [3.05, 3.63) is 29.3 Å². The van der Waals surface area contributed by atoms with Crippen molar-refractivity contribution in [1.29, 1.82) is 0 Å². The van der Waals surface area contributed by atoms with Crippen molar-refractivity contribution < 1.29 is 15.1 Å². The third kappa shape index (κ3) is 2.09. The Balaban J connectivity index is 1.81. The number of hydrogen-bond acceptors (Lipinski definition) is 4. The van der Waals surface area contributed by atoms with Crippen LogP contribution in [0.15, 0.2) is 18.2 Å². The first-order valence-electron chi connectivity index (χ1n) is 9.23. The van der Waals surface area contributed by atoms with Gasteiger partial charge in [-0.3, -0.25) is 0 Å². The highest BCUT2D eigenvalue weighted by molar-refractivity contribution is 5.45. The third-order valence-corrected chi connectivity index (χ3v) is 7.77. The maximum atomic E-state index is 10.6. The van der Waals surface area contributed by atoms with Crippen LogP contribution in [0.25, 0.3) is 0 Å². The Kier molecular flexibility index (Phi) is 3.72. The highest BCUT2D eigenvalue weighted by atomic mass is 16.6. The Morgan fingerprint density at radius 1 is 1.21 bits per heavy atom. The normalized spacial score (nSPS) is 43.8. The van der Waals surface area contributed by atoms with E-state index in [1.807, 2.05) is 12.1 Å². The Labute approximate surface area is 144 Å². The summed E-state index contributed by atoms with van der Waals surface area (Å²) >= 11 is 0. The van der Waals surface area contributed by atoms with E-state index >= 15 is 0 Å². The first-order chi connectivity index (χ1) is 11.4. The largest absolute Gasteiger partial charge is 0.508 e. The van der Waals surface area contributed by atoms with E-state index in [9.17, 15) is 10.2 Å². The van der Waals surface area contributed by atoms with Gasteiger partial charge in [0.2, 0.25) is 0 Å². The van der Waals surface area contributed by atoms with Gasteiger partial charge in [-0.15, -0.1) is 0 Å². The summed E-state index contributed by atoms with van der Waals surface area (Å²) in [6.07, 6.45) is 5.06. The summed E-state index contributed by atoms with van der Waals surface area (Å²) in [6.45, 7) is 5.15. The van der Waals surface area contributed by atoms with Gasteiger partial charge in [0.1, 0.15) is 5.75 Å². The Morgan fingerprint density at radius 3 is 2.75 bits per heavy atom. The van der Waals surface area contributed by atoms with Crippen molar-refractivity contribution in [2.75, 3.05) is 6.61 Å². The molecule has 2 saturated carbocycles. The second-order valence-electron chi connectivity index (χ2n) is 8.77. The monoisotopic (exact) mass is 331 g/mol. The number of aliphatic hydroxyl groups is 1. The summed E-state index contributed by atoms with van der Waals surface area (Å²) in [4.78, 5) is 5.02. The summed E-state index contributed by atoms with van der Waals surface area (Å²) in [7, 11) is 0. The number of hydrogen-bond donors (Lipinski definition) is 3. The molecule has 0 amide bonds. The molecule has 4 heteroatoms. The first-order valence-corrected chi connectivity index (χ1v) is 9.23. The smallest absolute Gasteiger partial charge is 0.115 e. The number of aliphatic hydroxyl groups excluding tert-OH is 1. The zero-order valence-electron chi connectivity index (χ0n) is 14.7. The number of phenols is 1.